The Balaban J connectivity index is 2.60. The highest BCUT2D eigenvalue weighted by molar-refractivity contribution is 5.73. The summed E-state index contributed by atoms with van der Waals surface area (Å²) in [5, 5.41) is 0. The number of hydrogen-bond donors (Lipinski definition) is 1. The molecule has 0 atom stereocenters. The molecule has 16 heavy (non-hydrogen) atoms. The van der Waals surface area contributed by atoms with Crippen LogP contribution in [-0.2, 0) is 0 Å². The summed E-state index contributed by atoms with van der Waals surface area (Å²) in [7, 11) is 1.62. The largest absolute Gasteiger partial charge is 0.496 e. The molecule has 2 aromatic rings. The zero-order chi connectivity index (χ0) is 11.5. The van der Waals surface area contributed by atoms with Crippen LogP contribution in [0.3, 0.4) is 0 Å². The quantitative estimate of drug-likeness (QED) is 0.779. The number of benzene rings is 1. The SMILES string of the molecule is COc1cc(N)ccc1-c1cncnc1C. The normalized spacial score (nSPS) is 10.1. The van der Waals surface area contributed by atoms with Gasteiger partial charge in [0, 0.05) is 34.8 Å². The van der Waals surface area contributed by atoms with Crippen LogP contribution in [0.25, 0.3) is 11.1 Å². The van der Waals surface area contributed by atoms with E-state index in [1.165, 1.54) is 6.33 Å². The topological polar surface area (TPSA) is 61.0 Å². The van der Waals surface area contributed by atoms with Gasteiger partial charge in [-0.25, -0.2) is 9.97 Å². The number of aryl methyl sites for hydroxylation is 1. The number of anilines is 1. The van der Waals surface area contributed by atoms with Gasteiger partial charge in [0.2, 0.25) is 0 Å². The van der Waals surface area contributed by atoms with E-state index >= 15 is 0 Å². The van der Waals surface area contributed by atoms with Crippen molar-refractivity contribution < 1.29 is 4.74 Å². The minimum atomic E-state index is 0.676. The number of nitrogens with zero attached hydrogens (tertiary/aromatic N) is 2. The summed E-state index contributed by atoms with van der Waals surface area (Å²) in [5.74, 6) is 0.734. The smallest absolute Gasteiger partial charge is 0.128 e. The monoisotopic (exact) mass is 215 g/mol. The molecule has 0 aliphatic carbocycles. The first-order chi connectivity index (χ1) is 7.72. The van der Waals surface area contributed by atoms with Gasteiger partial charge in [-0.2, -0.15) is 0 Å². The number of aromatic nitrogens is 2. The van der Waals surface area contributed by atoms with E-state index in [9.17, 15) is 0 Å². The van der Waals surface area contributed by atoms with E-state index in [-0.39, 0.29) is 0 Å². The maximum Gasteiger partial charge on any atom is 0.128 e. The van der Waals surface area contributed by atoms with Crippen LogP contribution >= 0.6 is 0 Å². The van der Waals surface area contributed by atoms with E-state index in [0.717, 1.165) is 22.6 Å². The van der Waals surface area contributed by atoms with Crippen LogP contribution in [0.1, 0.15) is 5.69 Å². The van der Waals surface area contributed by atoms with Gasteiger partial charge >= 0.3 is 0 Å². The summed E-state index contributed by atoms with van der Waals surface area (Å²) >= 11 is 0. The van der Waals surface area contributed by atoms with Crippen molar-refractivity contribution in [2.75, 3.05) is 12.8 Å². The average molecular weight is 215 g/mol. The second-order valence-electron chi connectivity index (χ2n) is 3.48. The Kier molecular flexibility index (Phi) is 2.72. The van der Waals surface area contributed by atoms with Crippen molar-refractivity contribution in [3.05, 3.63) is 36.4 Å². The van der Waals surface area contributed by atoms with Gasteiger partial charge in [-0.1, -0.05) is 0 Å². The second kappa shape index (κ2) is 4.18. The van der Waals surface area contributed by atoms with E-state index in [1.54, 1.807) is 19.4 Å². The van der Waals surface area contributed by atoms with E-state index in [0.29, 0.717) is 5.69 Å². The van der Waals surface area contributed by atoms with Crippen molar-refractivity contribution in [1.29, 1.82) is 0 Å². The summed E-state index contributed by atoms with van der Waals surface area (Å²) in [4.78, 5) is 8.18. The Morgan fingerprint density at radius 2 is 2.06 bits per heavy atom. The molecule has 2 N–H and O–H groups in total. The predicted octanol–water partition coefficient (Wildman–Crippen LogP) is 2.04. The molecule has 0 aliphatic rings. The molecule has 0 aliphatic heterocycles. The number of nitrogens with two attached hydrogens (primary N) is 1. The lowest BCUT2D eigenvalue weighted by atomic mass is 10.0. The number of ether oxygens (including phenoxy) is 1. The third kappa shape index (κ3) is 1.82. The number of methoxy groups -OCH3 is 1. The molecule has 0 saturated carbocycles. The first kappa shape index (κ1) is 10.4. The van der Waals surface area contributed by atoms with Gasteiger partial charge in [-0.3, -0.25) is 0 Å². The molecule has 82 valence electrons. The van der Waals surface area contributed by atoms with Crippen LogP contribution in [0.4, 0.5) is 5.69 Å². The summed E-state index contributed by atoms with van der Waals surface area (Å²) in [6.45, 7) is 1.94. The summed E-state index contributed by atoms with van der Waals surface area (Å²) < 4.78 is 5.30. The molecule has 0 fully saturated rings. The van der Waals surface area contributed by atoms with Crippen LogP contribution in [0.5, 0.6) is 5.75 Å². The van der Waals surface area contributed by atoms with Gasteiger partial charge in [0.25, 0.3) is 0 Å². The van der Waals surface area contributed by atoms with Crippen molar-refractivity contribution in [3.63, 3.8) is 0 Å². The summed E-state index contributed by atoms with van der Waals surface area (Å²) in [6, 6.07) is 5.55. The molecule has 1 aromatic carbocycles. The van der Waals surface area contributed by atoms with E-state index in [1.807, 2.05) is 19.1 Å². The molecule has 1 heterocycles. The van der Waals surface area contributed by atoms with Crippen LogP contribution in [0.15, 0.2) is 30.7 Å². The molecule has 0 unspecified atom stereocenters. The summed E-state index contributed by atoms with van der Waals surface area (Å²) in [5.41, 5.74) is 9.21. The Labute approximate surface area is 94.1 Å². The fourth-order valence-electron chi connectivity index (χ4n) is 1.59. The van der Waals surface area contributed by atoms with Gasteiger partial charge in [-0.05, 0) is 19.1 Å². The lowest BCUT2D eigenvalue weighted by Gasteiger charge is -2.10. The molecule has 0 bridgehead atoms. The molecule has 0 saturated heterocycles. The van der Waals surface area contributed by atoms with Crippen LogP contribution < -0.4 is 10.5 Å². The Hall–Kier alpha value is -2.10. The van der Waals surface area contributed by atoms with Crippen LogP contribution in [-0.4, -0.2) is 17.1 Å². The predicted molar refractivity (Wildman–Crippen MR) is 63.2 cm³/mol. The lowest BCUT2D eigenvalue weighted by molar-refractivity contribution is 0.416. The first-order valence-corrected chi connectivity index (χ1v) is 4.93. The third-order valence-corrected chi connectivity index (χ3v) is 2.43. The second-order valence-corrected chi connectivity index (χ2v) is 3.48. The molecular formula is C12H13N3O. The highest BCUT2D eigenvalue weighted by atomic mass is 16.5. The number of rotatable bonds is 2. The maximum atomic E-state index is 5.71. The fraction of sp³-hybridized carbons (Fsp3) is 0.167. The standard InChI is InChI=1S/C12H13N3O/c1-8-11(6-14-7-15-8)10-4-3-9(13)5-12(10)16-2/h3-7H,13H2,1-2H3. The highest BCUT2D eigenvalue weighted by Gasteiger charge is 2.09. The minimum Gasteiger partial charge on any atom is -0.496 e. The third-order valence-electron chi connectivity index (χ3n) is 2.43. The fourth-order valence-corrected chi connectivity index (χ4v) is 1.59. The number of hydrogen-bond acceptors (Lipinski definition) is 4. The summed E-state index contributed by atoms with van der Waals surface area (Å²) in [6.07, 6.45) is 3.30. The molecular weight excluding hydrogens is 202 g/mol. The van der Waals surface area contributed by atoms with Crippen LogP contribution in [0.2, 0.25) is 0 Å². The van der Waals surface area contributed by atoms with Crippen molar-refractivity contribution in [3.8, 4) is 16.9 Å². The van der Waals surface area contributed by atoms with E-state index in [4.69, 9.17) is 10.5 Å². The van der Waals surface area contributed by atoms with Crippen molar-refractivity contribution in [2.24, 2.45) is 0 Å². The molecule has 1 aromatic heterocycles. The van der Waals surface area contributed by atoms with Gasteiger partial charge in [0.05, 0.1) is 7.11 Å². The maximum absolute atomic E-state index is 5.71. The van der Waals surface area contributed by atoms with Crippen molar-refractivity contribution in [2.45, 2.75) is 6.92 Å². The number of nitrogen functional groups attached to an aromatic ring is 1. The van der Waals surface area contributed by atoms with Gasteiger partial charge in [-0.15, -0.1) is 0 Å². The van der Waals surface area contributed by atoms with E-state index in [2.05, 4.69) is 9.97 Å². The Morgan fingerprint density at radius 1 is 1.25 bits per heavy atom. The zero-order valence-electron chi connectivity index (χ0n) is 9.27. The molecule has 4 heteroatoms. The Bertz CT molecular complexity index is 511. The van der Waals surface area contributed by atoms with Gasteiger partial charge < -0.3 is 10.5 Å². The molecule has 0 spiro atoms. The van der Waals surface area contributed by atoms with Crippen LogP contribution in [0, 0.1) is 6.92 Å². The van der Waals surface area contributed by atoms with Crippen molar-refractivity contribution in [1.82, 2.24) is 9.97 Å². The average Bonchev–Trinajstić information content (AvgIpc) is 2.30. The molecule has 2 rings (SSSR count). The highest BCUT2D eigenvalue weighted by Crippen LogP contribution is 2.32. The molecule has 0 amide bonds. The van der Waals surface area contributed by atoms with Crippen molar-refractivity contribution >= 4 is 5.69 Å². The molecule has 0 radical (unpaired) electrons. The van der Waals surface area contributed by atoms with E-state index < -0.39 is 0 Å². The minimum absolute atomic E-state index is 0.676. The van der Waals surface area contributed by atoms with Gasteiger partial charge in [0.1, 0.15) is 12.1 Å². The lowest BCUT2D eigenvalue weighted by Crippen LogP contribution is -1.94. The zero-order valence-corrected chi connectivity index (χ0v) is 9.27. The Morgan fingerprint density at radius 3 is 2.75 bits per heavy atom. The molecule has 4 nitrogen and oxygen atoms in total. The van der Waals surface area contributed by atoms with Gasteiger partial charge in [0.15, 0.2) is 0 Å². The first-order valence-electron chi connectivity index (χ1n) is 4.93.